The van der Waals surface area contributed by atoms with Gasteiger partial charge in [-0.05, 0) is 62.7 Å². The molecule has 0 saturated heterocycles. The largest absolute Gasteiger partial charge is 0.492 e. The number of sulfonamides is 1. The number of nitrogens with one attached hydrogen (secondary N) is 2. The summed E-state index contributed by atoms with van der Waals surface area (Å²) < 4.78 is 39.7. The fraction of sp³-hybridized carbons (Fsp3) is 0.194. The first-order valence-electron chi connectivity index (χ1n) is 13.2. The molecule has 0 aliphatic carbocycles. The van der Waals surface area contributed by atoms with Crippen LogP contribution in [0.4, 0.5) is 5.69 Å². The maximum Gasteiger partial charge on any atom is 0.329 e. The minimum Gasteiger partial charge on any atom is -0.492 e. The molecule has 10 nitrogen and oxygen atoms in total. The monoisotopic (exact) mass is 588 g/mol. The van der Waals surface area contributed by atoms with Crippen molar-refractivity contribution in [3.8, 4) is 5.75 Å². The molecule has 0 unspecified atom stereocenters. The lowest BCUT2D eigenvalue weighted by Gasteiger charge is -2.21. The highest BCUT2D eigenvalue weighted by Crippen LogP contribution is 2.24. The average Bonchev–Trinajstić information content (AvgIpc) is 3.42. The molecule has 1 aromatic heterocycles. The normalized spacial score (nSPS) is 11.5. The van der Waals surface area contributed by atoms with Gasteiger partial charge in [-0.2, -0.15) is 9.41 Å². The molecule has 1 heterocycles. The molecule has 0 radical (unpaired) electrons. The number of nitrogens with zero attached hydrogens (tertiary/aromatic N) is 2. The van der Waals surface area contributed by atoms with Gasteiger partial charge in [0.2, 0.25) is 10.0 Å². The molecule has 0 saturated carbocycles. The van der Waals surface area contributed by atoms with Gasteiger partial charge in [-0.25, -0.2) is 13.8 Å². The van der Waals surface area contributed by atoms with E-state index in [1.165, 1.54) is 10.5 Å². The Morgan fingerprint density at radius 2 is 1.55 bits per heavy atom. The Labute approximate surface area is 245 Å². The molecule has 0 bridgehead atoms. The quantitative estimate of drug-likeness (QED) is 0.147. The molecule has 0 aliphatic heterocycles. The minimum absolute atomic E-state index is 0.0358. The molecule has 3 aromatic carbocycles. The fourth-order valence-electron chi connectivity index (χ4n) is 3.94. The van der Waals surface area contributed by atoms with Crippen molar-refractivity contribution in [3.63, 3.8) is 0 Å². The number of benzene rings is 3. The SMILES string of the molecule is CCOc1ccccc1NC(=O)C(=O)NN=Cc1ccc(CN(Cc2ccc(C)cc2)S(=O)(=O)c2ccc(C)cc2)o1. The highest BCUT2D eigenvalue weighted by molar-refractivity contribution is 7.89. The van der Waals surface area contributed by atoms with Gasteiger partial charge in [0.25, 0.3) is 0 Å². The van der Waals surface area contributed by atoms with Gasteiger partial charge in [-0.15, -0.1) is 0 Å². The number of hydrazone groups is 1. The molecule has 4 rings (SSSR count). The first-order chi connectivity index (χ1) is 20.2. The Kier molecular flexibility index (Phi) is 9.89. The van der Waals surface area contributed by atoms with Crippen LogP contribution in [-0.2, 0) is 32.7 Å². The lowest BCUT2D eigenvalue weighted by atomic mass is 10.1. The van der Waals surface area contributed by atoms with Gasteiger partial charge in [0.05, 0.1) is 29.9 Å². The van der Waals surface area contributed by atoms with E-state index in [0.29, 0.717) is 23.8 Å². The third-order valence-electron chi connectivity index (χ3n) is 6.15. The van der Waals surface area contributed by atoms with Crippen LogP contribution in [0.25, 0.3) is 0 Å². The lowest BCUT2D eigenvalue weighted by Crippen LogP contribution is -2.32. The number of anilines is 1. The van der Waals surface area contributed by atoms with Crippen LogP contribution in [-0.4, -0.2) is 37.4 Å². The molecule has 11 heteroatoms. The van der Waals surface area contributed by atoms with Crippen LogP contribution < -0.4 is 15.5 Å². The molecule has 0 aliphatic rings. The summed E-state index contributed by atoms with van der Waals surface area (Å²) in [5.74, 6) is -0.842. The third kappa shape index (κ3) is 7.93. The van der Waals surface area contributed by atoms with Crippen molar-refractivity contribution in [3.05, 3.63) is 113 Å². The molecule has 2 amide bonds. The molecule has 0 atom stereocenters. The van der Waals surface area contributed by atoms with Gasteiger partial charge in [0.1, 0.15) is 17.3 Å². The van der Waals surface area contributed by atoms with Crippen molar-refractivity contribution in [2.24, 2.45) is 5.10 Å². The first kappa shape index (κ1) is 30.2. The lowest BCUT2D eigenvalue weighted by molar-refractivity contribution is -0.136. The maximum atomic E-state index is 13.6. The smallest absolute Gasteiger partial charge is 0.329 e. The summed E-state index contributed by atoms with van der Waals surface area (Å²) in [5, 5.41) is 6.28. The third-order valence-corrected chi connectivity index (χ3v) is 7.96. The van der Waals surface area contributed by atoms with E-state index in [2.05, 4.69) is 15.8 Å². The van der Waals surface area contributed by atoms with Crippen molar-refractivity contribution < 1.29 is 27.2 Å². The summed E-state index contributed by atoms with van der Waals surface area (Å²) in [6.07, 6.45) is 1.22. The van der Waals surface area contributed by atoms with E-state index in [1.54, 1.807) is 60.7 Å². The number of carbonyl (C=O) groups excluding carboxylic acids is 2. The number of furan rings is 1. The number of amides is 2. The Balaban J connectivity index is 1.43. The average molecular weight is 589 g/mol. The minimum atomic E-state index is -3.86. The summed E-state index contributed by atoms with van der Waals surface area (Å²) in [7, 11) is -3.86. The van der Waals surface area contributed by atoms with Crippen molar-refractivity contribution in [1.29, 1.82) is 0 Å². The number of ether oxygens (including phenoxy) is 1. The number of rotatable bonds is 11. The molecule has 2 N–H and O–H groups in total. The van der Waals surface area contributed by atoms with Crippen molar-refractivity contribution >= 4 is 33.7 Å². The molecule has 0 fully saturated rings. The van der Waals surface area contributed by atoms with Crippen LogP contribution in [0.2, 0.25) is 0 Å². The van der Waals surface area contributed by atoms with E-state index in [9.17, 15) is 18.0 Å². The van der Waals surface area contributed by atoms with E-state index in [4.69, 9.17) is 9.15 Å². The molecule has 4 aromatic rings. The van der Waals surface area contributed by atoms with Crippen LogP contribution >= 0.6 is 0 Å². The van der Waals surface area contributed by atoms with Crippen LogP contribution in [0.1, 0.15) is 35.1 Å². The molecule has 0 spiro atoms. The van der Waals surface area contributed by atoms with Gasteiger partial charge in [-0.3, -0.25) is 9.59 Å². The van der Waals surface area contributed by atoms with Crippen LogP contribution in [0.5, 0.6) is 5.75 Å². The second kappa shape index (κ2) is 13.7. The predicted molar refractivity (Wildman–Crippen MR) is 159 cm³/mol. The van der Waals surface area contributed by atoms with E-state index in [-0.39, 0.29) is 23.7 Å². The van der Waals surface area contributed by atoms with E-state index in [0.717, 1.165) is 16.7 Å². The van der Waals surface area contributed by atoms with Crippen LogP contribution in [0.3, 0.4) is 0 Å². The zero-order valence-corrected chi connectivity index (χ0v) is 24.4. The summed E-state index contributed by atoms with van der Waals surface area (Å²) >= 11 is 0. The van der Waals surface area contributed by atoms with Crippen LogP contribution in [0.15, 0.2) is 99.3 Å². The summed E-state index contributed by atoms with van der Waals surface area (Å²) in [6, 6.07) is 24.3. The highest BCUT2D eigenvalue weighted by Gasteiger charge is 2.26. The van der Waals surface area contributed by atoms with Gasteiger partial charge in [-0.1, -0.05) is 59.7 Å². The summed E-state index contributed by atoms with van der Waals surface area (Å²) in [4.78, 5) is 24.7. The zero-order chi connectivity index (χ0) is 30.1. The van der Waals surface area contributed by atoms with Gasteiger partial charge < -0.3 is 14.5 Å². The Hall–Kier alpha value is -4.74. The summed E-state index contributed by atoms with van der Waals surface area (Å²) in [5.41, 5.74) is 5.36. The number of para-hydroxylation sites is 2. The van der Waals surface area contributed by atoms with E-state index < -0.39 is 21.8 Å². The van der Waals surface area contributed by atoms with Crippen molar-refractivity contribution in [1.82, 2.24) is 9.73 Å². The summed E-state index contributed by atoms with van der Waals surface area (Å²) in [6.45, 7) is 6.17. The standard InChI is InChI=1S/C31H32N4O6S/c1-4-40-29-8-6-5-7-28(29)33-30(36)31(37)34-32-19-25-15-16-26(41-25)21-35(20-24-13-9-22(2)10-14-24)42(38,39)27-17-11-23(3)12-18-27/h5-19H,4,20-21H2,1-3H3,(H,33,36)(H,34,37). The van der Waals surface area contributed by atoms with Gasteiger partial charge in [0.15, 0.2) is 0 Å². The molecular weight excluding hydrogens is 556 g/mol. The molecule has 42 heavy (non-hydrogen) atoms. The zero-order valence-electron chi connectivity index (χ0n) is 23.5. The Bertz CT molecular complexity index is 1660. The molecule has 218 valence electrons. The van der Waals surface area contributed by atoms with Crippen LogP contribution in [0, 0.1) is 13.8 Å². The number of carbonyl (C=O) groups is 2. The Morgan fingerprint density at radius 1 is 0.881 bits per heavy atom. The van der Waals surface area contributed by atoms with Crippen molar-refractivity contribution in [2.75, 3.05) is 11.9 Å². The fourth-order valence-corrected chi connectivity index (χ4v) is 5.34. The topological polar surface area (TPSA) is 130 Å². The second-order valence-corrected chi connectivity index (χ2v) is 11.4. The number of hydrogen-bond acceptors (Lipinski definition) is 7. The highest BCUT2D eigenvalue weighted by atomic mass is 32.2. The van der Waals surface area contributed by atoms with Crippen molar-refractivity contribution in [2.45, 2.75) is 38.8 Å². The Morgan fingerprint density at radius 3 is 2.24 bits per heavy atom. The van der Waals surface area contributed by atoms with Gasteiger partial charge >= 0.3 is 11.8 Å². The van der Waals surface area contributed by atoms with E-state index >= 15 is 0 Å². The molecular formula is C31H32N4O6S. The maximum absolute atomic E-state index is 13.6. The van der Waals surface area contributed by atoms with Gasteiger partial charge in [0, 0.05) is 6.54 Å². The first-order valence-corrected chi connectivity index (χ1v) is 14.7. The predicted octanol–water partition coefficient (Wildman–Crippen LogP) is 4.78. The number of aryl methyl sites for hydroxylation is 2. The van der Waals surface area contributed by atoms with E-state index in [1.807, 2.05) is 45.0 Å². The number of hydrogen-bond donors (Lipinski definition) is 2. The second-order valence-electron chi connectivity index (χ2n) is 9.46.